The van der Waals surface area contributed by atoms with Gasteiger partial charge in [-0.15, -0.1) is 0 Å². The van der Waals surface area contributed by atoms with Crippen LogP contribution >= 0.6 is 12.2 Å². The third-order valence-electron chi connectivity index (χ3n) is 6.08. The number of carbonyl (C=O) groups excluding carboxylic acids is 1. The van der Waals surface area contributed by atoms with Gasteiger partial charge in [0.1, 0.15) is 0 Å². The Kier molecular flexibility index (Phi) is 7.67. The van der Waals surface area contributed by atoms with Crippen molar-refractivity contribution in [1.29, 1.82) is 0 Å². The van der Waals surface area contributed by atoms with E-state index in [0.29, 0.717) is 52.5 Å². The topological polar surface area (TPSA) is 76.6 Å². The van der Waals surface area contributed by atoms with Crippen molar-refractivity contribution in [3.8, 4) is 11.5 Å². The summed E-state index contributed by atoms with van der Waals surface area (Å²) in [5.74, 6) is 1.17. The number of H-pyrrole nitrogens is 1. The van der Waals surface area contributed by atoms with Crippen LogP contribution in [-0.4, -0.2) is 46.7 Å². The number of aromatic nitrogens is 2. The number of nitrogens with zero attached hydrogens (tertiary/aromatic N) is 2. The number of rotatable bonds is 7. The molecule has 0 atom stereocenters. The minimum absolute atomic E-state index is 0.0715. The lowest BCUT2D eigenvalue weighted by molar-refractivity contribution is 0.0761. The Hall–Kier alpha value is -3.13. The van der Waals surface area contributed by atoms with Crippen molar-refractivity contribution in [3.05, 3.63) is 62.6 Å². The van der Waals surface area contributed by atoms with Gasteiger partial charge in [0.15, 0.2) is 16.3 Å². The number of ether oxygens (including phenoxy) is 2. The number of nitrogens with one attached hydrogen (secondary N) is 1. The van der Waals surface area contributed by atoms with Gasteiger partial charge in [-0.25, -0.2) is 0 Å². The average molecular weight is 482 g/mol. The molecule has 1 aromatic heterocycles. The maximum Gasteiger partial charge on any atom is 0.262 e. The Balaban J connectivity index is 1.61. The molecule has 4 rings (SSSR count). The molecule has 1 amide bonds. The molecule has 7 nitrogen and oxygen atoms in total. The van der Waals surface area contributed by atoms with E-state index in [1.54, 1.807) is 12.1 Å². The van der Waals surface area contributed by atoms with Crippen molar-refractivity contribution in [2.45, 2.75) is 46.1 Å². The van der Waals surface area contributed by atoms with Crippen molar-refractivity contribution in [2.75, 3.05) is 26.3 Å². The number of hydrogen-bond acceptors (Lipinski definition) is 5. The molecule has 1 saturated heterocycles. The molecule has 1 aliphatic rings. The van der Waals surface area contributed by atoms with Crippen LogP contribution in [0.3, 0.4) is 0 Å². The Labute approximate surface area is 204 Å². The first kappa shape index (κ1) is 24.0. The van der Waals surface area contributed by atoms with Crippen LogP contribution in [0.15, 0.2) is 41.2 Å². The average Bonchev–Trinajstić information content (AvgIpc) is 3.13. The van der Waals surface area contributed by atoms with Gasteiger partial charge >= 0.3 is 0 Å². The standard InChI is InChI=1S/C26H31N3O4S/c1-3-32-22-15-20-21(16-23(22)33-4-2)27-26(34)29(25(20)31)17-18-9-11-19(12-10-18)24(30)28-13-7-5-6-8-14-28/h9-12,15-16H,3-8,13-14,17H2,1-2H3,(H,27,34). The summed E-state index contributed by atoms with van der Waals surface area (Å²) >= 11 is 5.50. The van der Waals surface area contributed by atoms with Gasteiger partial charge in [-0.2, -0.15) is 0 Å². The molecule has 1 aliphatic heterocycles. The van der Waals surface area contributed by atoms with Gasteiger partial charge in [0.2, 0.25) is 0 Å². The van der Waals surface area contributed by atoms with Crippen molar-refractivity contribution in [1.82, 2.24) is 14.5 Å². The Bertz CT molecular complexity index is 1270. The van der Waals surface area contributed by atoms with Crippen molar-refractivity contribution in [3.63, 3.8) is 0 Å². The number of amides is 1. The number of likely N-dealkylation sites (tertiary alicyclic amines) is 1. The molecule has 0 radical (unpaired) electrons. The van der Waals surface area contributed by atoms with Gasteiger partial charge in [-0.3, -0.25) is 14.2 Å². The predicted octanol–water partition coefficient (Wildman–Crippen LogP) is 4.92. The first-order valence-electron chi connectivity index (χ1n) is 12.0. The van der Waals surface area contributed by atoms with Crippen molar-refractivity contribution < 1.29 is 14.3 Å². The van der Waals surface area contributed by atoms with Crippen LogP contribution in [0.2, 0.25) is 0 Å². The number of fused-ring (bicyclic) bond motifs is 1. The van der Waals surface area contributed by atoms with E-state index in [4.69, 9.17) is 21.7 Å². The summed E-state index contributed by atoms with van der Waals surface area (Å²) in [5, 5.41) is 0.480. The van der Waals surface area contributed by atoms with Crippen LogP contribution < -0.4 is 15.0 Å². The lowest BCUT2D eigenvalue weighted by atomic mass is 10.1. The van der Waals surface area contributed by atoms with Crippen LogP contribution in [-0.2, 0) is 6.54 Å². The van der Waals surface area contributed by atoms with Crippen LogP contribution in [0.25, 0.3) is 10.9 Å². The zero-order chi connectivity index (χ0) is 24.1. The Morgan fingerprint density at radius 1 is 0.971 bits per heavy atom. The lowest BCUT2D eigenvalue weighted by Crippen LogP contribution is -2.31. The molecular formula is C26H31N3O4S. The first-order valence-corrected chi connectivity index (χ1v) is 12.4. The van der Waals surface area contributed by atoms with E-state index in [0.717, 1.165) is 31.5 Å². The summed E-state index contributed by atoms with van der Waals surface area (Å²) in [6, 6.07) is 10.9. The van der Waals surface area contributed by atoms with E-state index in [1.807, 2.05) is 43.0 Å². The van der Waals surface area contributed by atoms with Gasteiger partial charge in [0.05, 0.1) is 30.7 Å². The van der Waals surface area contributed by atoms with E-state index in [1.165, 1.54) is 17.4 Å². The van der Waals surface area contributed by atoms with Crippen LogP contribution in [0.5, 0.6) is 11.5 Å². The molecule has 2 heterocycles. The van der Waals surface area contributed by atoms with E-state index in [2.05, 4.69) is 4.98 Å². The lowest BCUT2D eigenvalue weighted by Gasteiger charge is -2.20. The molecule has 8 heteroatoms. The van der Waals surface area contributed by atoms with Crippen LogP contribution in [0, 0.1) is 4.77 Å². The minimum Gasteiger partial charge on any atom is -0.490 e. The summed E-state index contributed by atoms with van der Waals surface area (Å²) in [7, 11) is 0. The maximum atomic E-state index is 13.3. The predicted molar refractivity (Wildman–Crippen MR) is 136 cm³/mol. The molecular weight excluding hydrogens is 450 g/mol. The molecule has 1 fully saturated rings. The Morgan fingerprint density at radius 3 is 2.21 bits per heavy atom. The molecule has 0 aliphatic carbocycles. The quantitative estimate of drug-likeness (QED) is 0.485. The van der Waals surface area contributed by atoms with Gasteiger partial charge < -0.3 is 19.4 Å². The van der Waals surface area contributed by atoms with Crippen molar-refractivity contribution >= 4 is 29.0 Å². The fraction of sp³-hybridized carbons (Fsp3) is 0.423. The third kappa shape index (κ3) is 5.17. The molecule has 0 bridgehead atoms. The number of benzene rings is 2. The molecule has 0 saturated carbocycles. The molecule has 34 heavy (non-hydrogen) atoms. The largest absolute Gasteiger partial charge is 0.490 e. The molecule has 1 N–H and O–H groups in total. The van der Waals surface area contributed by atoms with Gasteiger partial charge in [-0.05, 0) is 62.7 Å². The third-order valence-corrected chi connectivity index (χ3v) is 6.40. The molecule has 3 aromatic rings. The second kappa shape index (κ2) is 10.9. The number of hydrogen-bond donors (Lipinski definition) is 1. The monoisotopic (exact) mass is 481 g/mol. The molecule has 180 valence electrons. The van der Waals surface area contributed by atoms with E-state index < -0.39 is 0 Å². The molecule has 2 aromatic carbocycles. The Morgan fingerprint density at radius 2 is 1.59 bits per heavy atom. The highest BCUT2D eigenvalue weighted by Crippen LogP contribution is 2.31. The highest BCUT2D eigenvalue weighted by molar-refractivity contribution is 7.71. The number of aromatic amines is 1. The van der Waals surface area contributed by atoms with Crippen LogP contribution in [0.1, 0.15) is 55.5 Å². The maximum absolute atomic E-state index is 13.3. The minimum atomic E-state index is -0.201. The second-order valence-corrected chi connectivity index (χ2v) is 8.82. The highest BCUT2D eigenvalue weighted by Gasteiger charge is 2.17. The summed E-state index contributed by atoms with van der Waals surface area (Å²) in [4.78, 5) is 31.3. The van der Waals surface area contributed by atoms with E-state index in [-0.39, 0.29) is 11.5 Å². The fourth-order valence-electron chi connectivity index (χ4n) is 4.33. The zero-order valence-corrected chi connectivity index (χ0v) is 20.6. The van der Waals surface area contributed by atoms with Gasteiger partial charge in [-0.1, -0.05) is 25.0 Å². The van der Waals surface area contributed by atoms with Gasteiger partial charge in [0, 0.05) is 24.7 Å². The highest BCUT2D eigenvalue weighted by atomic mass is 32.1. The summed E-state index contributed by atoms with van der Waals surface area (Å²) in [5.41, 5.74) is 1.97. The SMILES string of the molecule is CCOc1cc2[nH]c(=S)n(Cc3ccc(C(=O)N4CCCCCC4)cc3)c(=O)c2cc1OCC. The van der Waals surface area contributed by atoms with E-state index >= 15 is 0 Å². The van der Waals surface area contributed by atoms with E-state index in [9.17, 15) is 9.59 Å². The van der Waals surface area contributed by atoms with Gasteiger partial charge in [0.25, 0.3) is 11.5 Å². The summed E-state index contributed by atoms with van der Waals surface area (Å²) in [6.07, 6.45) is 4.49. The summed E-state index contributed by atoms with van der Waals surface area (Å²) in [6.45, 7) is 6.67. The second-order valence-electron chi connectivity index (χ2n) is 8.44. The summed E-state index contributed by atoms with van der Waals surface area (Å²) < 4.78 is 13.2. The first-order chi connectivity index (χ1) is 16.5. The zero-order valence-electron chi connectivity index (χ0n) is 19.8. The fourth-order valence-corrected chi connectivity index (χ4v) is 4.59. The molecule has 0 unspecified atom stereocenters. The normalized spacial score (nSPS) is 14.1. The molecule has 0 spiro atoms. The van der Waals surface area contributed by atoms with Crippen LogP contribution in [0.4, 0.5) is 0 Å². The van der Waals surface area contributed by atoms with Crippen molar-refractivity contribution in [2.24, 2.45) is 0 Å². The smallest absolute Gasteiger partial charge is 0.262 e. The number of carbonyl (C=O) groups is 1.